The van der Waals surface area contributed by atoms with Gasteiger partial charge in [0.05, 0.1) is 10.5 Å². The van der Waals surface area contributed by atoms with Crippen molar-refractivity contribution in [3.8, 4) is 0 Å². The van der Waals surface area contributed by atoms with E-state index in [0.29, 0.717) is 29.9 Å². The van der Waals surface area contributed by atoms with E-state index in [2.05, 4.69) is 15.3 Å². The number of rotatable bonds is 4. The van der Waals surface area contributed by atoms with Crippen LogP contribution in [0.5, 0.6) is 0 Å². The van der Waals surface area contributed by atoms with Gasteiger partial charge in [-0.25, -0.2) is 4.98 Å². The summed E-state index contributed by atoms with van der Waals surface area (Å²) in [6, 6.07) is 13.6. The molecule has 5 rings (SSSR count). The Labute approximate surface area is 180 Å². The molecule has 1 N–H and O–H groups in total. The first-order valence-electron chi connectivity index (χ1n) is 9.80. The van der Waals surface area contributed by atoms with E-state index in [1.165, 1.54) is 12.4 Å². The van der Waals surface area contributed by atoms with Crippen LogP contribution in [0.1, 0.15) is 15.9 Å². The second-order valence-corrected chi connectivity index (χ2v) is 7.22. The van der Waals surface area contributed by atoms with Crippen molar-refractivity contribution in [3.63, 3.8) is 0 Å². The van der Waals surface area contributed by atoms with E-state index in [4.69, 9.17) is 0 Å². The summed E-state index contributed by atoms with van der Waals surface area (Å²) in [6.07, 6.45) is 5.20. The van der Waals surface area contributed by atoms with Gasteiger partial charge < -0.3 is 10.2 Å². The molecule has 0 spiro atoms. The van der Waals surface area contributed by atoms with Crippen LogP contribution in [0.2, 0.25) is 0 Å². The summed E-state index contributed by atoms with van der Waals surface area (Å²) < 4.78 is 1.13. The zero-order chi connectivity index (χ0) is 22.2. The quantitative estimate of drug-likeness (QED) is 0.392. The zero-order valence-electron chi connectivity index (χ0n) is 16.6. The molecule has 4 heterocycles. The molecule has 0 radical (unpaired) electrons. The molecular weight excluding hydrogens is 412 g/mol. The van der Waals surface area contributed by atoms with Crippen LogP contribution in [0.3, 0.4) is 0 Å². The molecule has 0 bridgehead atoms. The van der Waals surface area contributed by atoms with E-state index in [-0.39, 0.29) is 11.7 Å². The van der Waals surface area contributed by atoms with Gasteiger partial charge in [0.15, 0.2) is 0 Å². The number of hydrogen-bond acceptors (Lipinski definition) is 7. The summed E-state index contributed by atoms with van der Waals surface area (Å²) in [5, 5.41) is 14.5. The van der Waals surface area contributed by atoms with E-state index < -0.39 is 16.2 Å². The molecule has 1 amide bonds. The number of nitrogens with one attached hydrogen (secondary N) is 1. The predicted octanol–water partition coefficient (Wildman–Crippen LogP) is 2.94. The minimum Gasteiger partial charge on any atom is -0.334 e. The molecule has 0 atom stereocenters. The van der Waals surface area contributed by atoms with Crippen molar-refractivity contribution in [2.45, 2.75) is 6.42 Å². The molecule has 0 unspecified atom stereocenters. The Bertz CT molecular complexity index is 1430. The van der Waals surface area contributed by atoms with Crippen molar-refractivity contribution in [2.24, 2.45) is 0 Å². The molecule has 10 heteroatoms. The first kappa shape index (κ1) is 19.4. The maximum Gasteiger partial charge on any atom is 0.376 e. The number of nitro groups is 1. The van der Waals surface area contributed by atoms with Gasteiger partial charge in [0.25, 0.3) is 5.91 Å². The van der Waals surface area contributed by atoms with E-state index >= 15 is 0 Å². The largest absolute Gasteiger partial charge is 0.376 e. The maximum absolute atomic E-state index is 12.8. The highest BCUT2D eigenvalue weighted by molar-refractivity contribution is 6.07. The average Bonchev–Trinajstić information content (AvgIpc) is 3.22. The monoisotopic (exact) mass is 428 g/mol. The van der Waals surface area contributed by atoms with Gasteiger partial charge in [-0.05, 0) is 54.4 Å². The lowest BCUT2D eigenvalue weighted by atomic mass is 10.1. The van der Waals surface area contributed by atoms with Gasteiger partial charge in [0.1, 0.15) is 5.65 Å². The van der Waals surface area contributed by atoms with Gasteiger partial charge >= 0.3 is 11.2 Å². The van der Waals surface area contributed by atoms with Gasteiger partial charge in [0, 0.05) is 36.5 Å². The first-order chi connectivity index (χ1) is 15.5. The van der Waals surface area contributed by atoms with Crippen LogP contribution in [0.15, 0.2) is 71.9 Å². The van der Waals surface area contributed by atoms with Crippen molar-refractivity contribution in [3.05, 3.63) is 98.7 Å². The number of hydrogen-bond donors (Lipinski definition) is 1. The molecule has 3 aromatic heterocycles. The second-order valence-electron chi connectivity index (χ2n) is 7.22. The molecule has 1 aliphatic rings. The highest BCUT2D eigenvalue weighted by atomic mass is 16.6. The van der Waals surface area contributed by atoms with E-state index in [0.717, 1.165) is 15.7 Å². The SMILES string of the molecule is O=C(c1cccnc1)N1CCc2cc(Nc3nc4ccccn4c(=O)c3[N+](=O)[O-])ccc21. The van der Waals surface area contributed by atoms with Crippen molar-refractivity contribution in [1.82, 2.24) is 14.4 Å². The Morgan fingerprint density at radius 2 is 2.03 bits per heavy atom. The Kier molecular flexibility index (Phi) is 4.59. The molecule has 0 aliphatic carbocycles. The van der Waals surface area contributed by atoms with Gasteiger partial charge in [-0.1, -0.05) is 6.07 Å². The van der Waals surface area contributed by atoms with Crippen molar-refractivity contribution in [2.75, 3.05) is 16.8 Å². The molecular formula is C22H16N6O4. The Hall–Kier alpha value is -4.60. The summed E-state index contributed by atoms with van der Waals surface area (Å²) >= 11 is 0. The minimum atomic E-state index is -0.766. The second kappa shape index (κ2) is 7.58. The number of carbonyl (C=O) groups excluding carboxylic acids is 1. The number of nitrogens with zero attached hydrogens (tertiary/aromatic N) is 5. The van der Waals surface area contributed by atoms with Crippen LogP contribution >= 0.6 is 0 Å². The van der Waals surface area contributed by atoms with Gasteiger partial charge in [-0.2, -0.15) is 0 Å². The van der Waals surface area contributed by atoms with Crippen LogP contribution in [-0.2, 0) is 6.42 Å². The number of pyridine rings is 2. The third kappa shape index (κ3) is 3.23. The van der Waals surface area contributed by atoms with Crippen LogP contribution in [0.4, 0.5) is 22.9 Å². The number of anilines is 3. The first-order valence-corrected chi connectivity index (χ1v) is 9.80. The minimum absolute atomic E-state index is 0.132. The van der Waals surface area contributed by atoms with Crippen LogP contribution in [0.25, 0.3) is 5.65 Å². The summed E-state index contributed by atoms with van der Waals surface area (Å²) in [4.78, 5) is 46.2. The summed E-state index contributed by atoms with van der Waals surface area (Å²) in [7, 11) is 0. The number of benzene rings is 1. The molecule has 0 saturated heterocycles. The maximum atomic E-state index is 12.8. The van der Waals surface area contributed by atoms with Crippen molar-refractivity contribution < 1.29 is 9.72 Å². The van der Waals surface area contributed by atoms with E-state index in [9.17, 15) is 19.7 Å². The predicted molar refractivity (Wildman–Crippen MR) is 117 cm³/mol. The lowest BCUT2D eigenvalue weighted by Gasteiger charge is -2.17. The molecule has 158 valence electrons. The Morgan fingerprint density at radius 1 is 1.16 bits per heavy atom. The van der Waals surface area contributed by atoms with E-state index in [1.807, 2.05) is 6.07 Å². The topological polar surface area (TPSA) is 123 Å². The number of aromatic nitrogens is 3. The van der Waals surface area contributed by atoms with Gasteiger partial charge in [0.2, 0.25) is 5.82 Å². The molecule has 0 saturated carbocycles. The average molecular weight is 428 g/mol. The van der Waals surface area contributed by atoms with Crippen molar-refractivity contribution >= 4 is 34.4 Å². The number of fused-ring (bicyclic) bond motifs is 2. The fourth-order valence-corrected chi connectivity index (χ4v) is 3.80. The Balaban J connectivity index is 1.49. The molecule has 1 aromatic carbocycles. The Morgan fingerprint density at radius 3 is 2.81 bits per heavy atom. The van der Waals surface area contributed by atoms with Gasteiger partial charge in [-0.3, -0.25) is 29.1 Å². The highest BCUT2D eigenvalue weighted by Gasteiger charge is 2.27. The van der Waals surface area contributed by atoms with Crippen LogP contribution < -0.4 is 15.8 Å². The molecule has 10 nitrogen and oxygen atoms in total. The highest BCUT2D eigenvalue weighted by Crippen LogP contribution is 2.33. The van der Waals surface area contributed by atoms with Crippen LogP contribution in [-0.4, -0.2) is 31.7 Å². The molecule has 0 fully saturated rings. The third-order valence-corrected chi connectivity index (χ3v) is 5.28. The lowest BCUT2D eigenvalue weighted by molar-refractivity contribution is -0.385. The molecule has 32 heavy (non-hydrogen) atoms. The smallest absolute Gasteiger partial charge is 0.334 e. The summed E-state index contributed by atoms with van der Waals surface area (Å²) in [5.41, 5.74) is 1.60. The molecule has 4 aromatic rings. The fraction of sp³-hybridized carbons (Fsp3) is 0.0909. The fourth-order valence-electron chi connectivity index (χ4n) is 3.80. The summed E-state index contributed by atoms with van der Waals surface area (Å²) in [5.74, 6) is -0.273. The number of amides is 1. The standard InChI is InChI=1S/C22H16N6O4/c29-21(15-4-3-9-23-13-15)26-11-8-14-12-16(6-7-17(14)26)24-20-19(28(31)32)22(30)27-10-2-1-5-18(27)25-20/h1-7,9-10,12-13,24H,8,11H2. The molecule has 1 aliphatic heterocycles. The van der Waals surface area contributed by atoms with Crippen molar-refractivity contribution in [1.29, 1.82) is 0 Å². The normalized spacial score (nSPS) is 12.6. The summed E-state index contributed by atoms with van der Waals surface area (Å²) in [6.45, 7) is 0.516. The number of carbonyl (C=O) groups is 1. The van der Waals surface area contributed by atoms with Gasteiger partial charge in [-0.15, -0.1) is 0 Å². The third-order valence-electron chi connectivity index (χ3n) is 5.28. The van der Waals surface area contributed by atoms with E-state index in [1.54, 1.807) is 53.6 Å². The zero-order valence-corrected chi connectivity index (χ0v) is 16.6. The van der Waals surface area contributed by atoms with Crippen LogP contribution in [0, 0.1) is 10.1 Å². The lowest BCUT2D eigenvalue weighted by Crippen LogP contribution is -2.28.